The topological polar surface area (TPSA) is 30.2 Å². The zero-order valence-corrected chi connectivity index (χ0v) is 14.3. The van der Waals surface area contributed by atoms with Gasteiger partial charge in [0, 0.05) is 0 Å². The van der Waals surface area contributed by atoms with Gasteiger partial charge in [-0.1, -0.05) is 0 Å². The first-order chi connectivity index (χ1) is 10.8. The molecule has 0 aliphatic heterocycles. The van der Waals surface area contributed by atoms with Gasteiger partial charge in [-0.15, -0.1) is 0 Å². The van der Waals surface area contributed by atoms with E-state index < -0.39 is 0 Å². The molecule has 0 spiro atoms. The second-order valence-electron chi connectivity index (χ2n) is 5.16. The molecule has 0 atom stereocenters. The number of benzene rings is 2. The molecule has 1 heterocycles. The van der Waals surface area contributed by atoms with Gasteiger partial charge in [0.15, 0.2) is 0 Å². The van der Waals surface area contributed by atoms with Crippen LogP contribution in [-0.4, -0.2) is 15.0 Å². The van der Waals surface area contributed by atoms with Crippen molar-refractivity contribution < 1.29 is 4.42 Å². The van der Waals surface area contributed by atoms with Crippen molar-refractivity contribution >= 4 is 30.2 Å². The van der Waals surface area contributed by atoms with Crippen molar-refractivity contribution in [1.82, 2.24) is 0 Å². The SMILES string of the molecule is CCCC[Se]c1c(-c2ccccc2)oc(=O)c2ccccc12. The zero-order valence-electron chi connectivity index (χ0n) is 12.5. The summed E-state index contributed by atoms with van der Waals surface area (Å²) in [4.78, 5) is 12.3. The van der Waals surface area contributed by atoms with Gasteiger partial charge < -0.3 is 0 Å². The first-order valence-corrected chi connectivity index (χ1v) is 9.62. The molecule has 0 radical (unpaired) electrons. The van der Waals surface area contributed by atoms with Crippen LogP contribution >= 0.6 is 0 Å². The van der Waals surface area contributed by atoms with E-state index in [1.165, 1.54) is 22.6 Å². The molecule has 0 N–H and O–H groups in total. The standard InChI is InChI=1S/C19H18O2Se/c1-2-3-13-22-18-15-11-7-8-12-16(15)19(20)21-17(18)14-9-5-4-6-10-14/h4-12H,2-3,13H2,1H3. The summed E-state index contributed by atoms with van der Waals surface area (Å²) >= 11 is 0.304. The normalized spacial score (nSPS) is 11.0. The van der Waals surface area contributed by atoms with Crippen LogP contribution in [0.15, 0.2) is 63.8 Å². The van der Waals surface area contributed by atoms with Crippen molar-refractivity contribution in [3.05, 3.63) is 65.0 Å². The first kappa shape index (κ1) is 15.1. The number of fused-ring (bicyclic) bond motifs is 1. The van der Waals surface area contributed by atoms with E-state index in [9.17, 15) is 4.79 Å². The number of hydrogen-bond donors (Lipinski definition) is 0. The van der Waals surface area contributed by atoms with Crippen LogP contribution in [0, 0.1) is 0 Å². The van der Waals surface area contributed by atoms with Crippen LogP contribution in [0.5, 0.6) is 0 Å². The summed E-state index contributed by atoms with van der Waals surface area (Å²) in [6.07, 6.45) is 2.40. The summed E-state index contributed by atoms with van der Waals surface area (Å²) in [5.41, 5.74) is 0.739. The van der Waals surface area contributed by atoms with E-state index in [2.05, 4.69) is 6.92 Å². The average molecular weight is 357 g/mol. The Morgan fingerprint density at radius 1 is 0.955 bits per heavy atom. The molecule has 1 aromatic heterocycles. The van der Waals surface area contributed by atoms with Gasteiger partial charge in [0.2, 0.25) is 0 Å². The Bertz CT molecular complexity index is 822. The monoisotopic (exact) mass is 358 g/mol. The van der Waals surface area contributed by atoms with Crippen molar-refractivity contribution in [2.24, 2.45) is 0 Å². The van der Waals surface area contributed by atoms with E-state index in [0.29, 0.717) is 20.3 Å². The van der Waals surface area contributed by atoms with Crippen molar-refractivity contribution in [1.29, 1.82) is 0 Å². The predicted octanol–water partition coefficient (Wildman–Crippen LogP) is 4.01. The van der Waals surface area contributed by atoms with Crippen LogP contribution in [0.1, 0.15) is 19.8 Å². The maximum absolute atomic E-state index is 12.3. The molecule has 0 fully saturated rings. The van der Waals surface area contributed by atoms with Gasteiger partial charge >= 0.3 is 136 Å². The summed E-state index contributed by atoms with van der Waals surface area (Å²) in [5.74, 6) is 0.750. The molecule has 0 amide bonds. The molecule has 2 nitrogen and oxygen atoms in total. The number of unbranched alkanes of at least 4 members (excludes halogenated alkanes) is 1. The predicted molar refractivity (Wildman–Crippen MR) is 93.0 cm³/mol. The maximum atomic E-state index is 12.3. The van der Waals surface area contributed by atoms with Crippen LogP contribution < -0.4 is 10.1 Å². The molecule has 2 aromatic carbocycles. The van der Waals surface area contributed by atoms with Crippen molar-refractivity contribution in [2.45, 2.75) is 25.1 Å². The fraction of sp³-hybridized carbons (Fsp3) is 0.211. The molecule has 3 aromatic rings. The Kier molecular flexibility index (Phi) is 4.77. The molecule has 0 bridgehead atoms. The minimum absolute atomic E-state index is 0.246. The van der Waals surface area contributed by atoms with Gasteiger partial charge in [0.05, 0.1) is 0 Å². The van der Waals surface area contributed by atoms with Gasteiger partial charge in [-0.25, -0.2) is 0 Å². The van der Waals surface area contributed by atoms with Crippen LogP contribution in [0.25, 0.3) is 22.1 Å². The Balaban J connectivity index is 2.21. The molecule has 112 valence electrons. The van der Waals surface area contributed by atoms with Gasteiger partial charge in [-0.05, 0) is 0 Å². The Morgan fingerprint density at radius 2 is 1.64 bits per heavy atom. The van der Waals surface area contributed by atoms with E-state index >= 15 is 0 Å². The summed E-state index contributed by atoms with van der Waals surface area (Å²) in [5, 5.41) is 2.91. The average Bonchev–Trinajstić information content (AvgIpc) is 2.58. The van der Waals surface area contributed by atoms with Crippen LogP contribution in [-0.2, 0) is 0 Å². The minimum atomic E-state index is -0.246. The van der Waals surface area contributed by atoms with E-state index in [1.54, 1.807) is 0 Å². The van der Waals surface area contributed by atoms with Gasteiger partial charge in [-0.2, -0.15) is 0 Å². The zero-order chi connectivity index (χ0) is 15.4. The fourth-order valence-electron chi connectivity index (χ4n) is 2.42. The second kappa shape index (κ2) is 6.95. The summed E-state index contributed by atoms with van der Waals surface area (Å²) < 4.78 is 6.91. The molecule has 0 saturated heterocycles. The van der Waals surface area contributed by atoms with Crippen molar-refractivity contribution in [3.63, 3.8) is 0 Å². The summed E-state index contributed by atoms with van der Waals surface area (Å²) in [6, 6.07) is 17.7. The molecule has 3 rings (SSSR count). The van der Waals surface area contributed by atoms with E-state index in [1.807, 2.05) is 54.6 Å². The molecule has 0 aliphatic rings. The van der Waals surface area contributed by atoms with Gasteiger partial charge in [0.25, 0.3) is 0 Å². The van der Waals surface area contributed by atoms with Crippen molar-refractivity contribution in [2.75, 3.05) is 0 Å². The Labute approximate surface area is 136 Å². The van der Waals surface area contributed by atoms with E-state index in [4.69, 9.17) is 4.42 Å². The second-order valence-corrected chi connectivity index (χ2v) is 7.48. The molecule has 0 aliphatic carbocycles. The molecular formula is C19H18O2Se. The quantitative estimate of drug-likeness (QED) is 0.510. The number of hydrogen-bond acceptors (Lipinski definition) is 2. The van der Waals surface area contributed by atoms with E-state index in [-0.39, 0.29) is 5.63 Å². The van der Waals surface area contributed by atoms with Crippen LogP contribution in [0.4, 0.5) is 0 Å². The molecule has 0 unspecified atom stereocenters. The molecular weight excluding hydrogens is 339 g/mol. The Morgan fingerprint density at radius 3 is 2.36 bits per heavy atom. The fourth-order valence-corrected chi connectivity index (χ4v) is 5.06. The molecule has 0 saturated carbocycles. The molecule has 22 heavy (non-hydrogen) atoms. The Hall–Kier alpha value is -1.83. The van der Waals surface area contributed by atoms with Crippen molar-refractivity contribution in [3.8, 4) is 11.3 Å². The summed E-state index contributed by atoms with van der Waals surface area (Å²) in [7, 11) is 0. The van der Waals surface area contributed by atoms with Gasteiger partial charge in [0.1, 0.15) is 0 Å². The summed E-state index contributed by atoms with van der Waals surface area (Å²) in [6.45, 7) is 2.21. The third kappa shape index (κ3) is 3.01. The van der Waals surface area contributed by atoms with Gasteiger partial charge in [-0.3, -0.25) is 0 Å². The van der Waals surface area contributed by atoms with Crippen LogP contribution in [0.3, 0.4) is 0 Å². The molecule has 3 heteroatoms. The third-order valence-electron chi connectivity index (χ3n) is 3.57. The number of rotatable bonds is 5. The third-order valence-corrected chi connectivity index (χ3v) is 6.06. The first-order valence-electron chi connectivity index (χ1n) is 7.55. The van der Waals surface area contributed by atoms with E-state index in [0.717, 1.165) is 16.7 Å². The van der Waals surface area contributed by atoms with Crippen LogP contribution in [0.2, 0.25) is 5.32 Å².